The number of esters is 1. The third-order valence-corrected chi connectivity index (χ3v) is 5.88. The minimum absolute atomic E-state index is 0.101. The van der Waals surface area contributed by atoms with Crippen molar-refractivity contribution in [1.82, 2.24) is 14.9 Å². The summed E-state index contributed by atoms with van der Waals surface area (Å²) in [5.41, 5.74) is 3.82. The molecule has 3 aromatic rings. The van der Waals surface area contributed by atoms with Crippen LogP contribution in [-0.4, -0.2) is 58.7 Å². The van der Waals surface area contributed by atoms with Gasteiger partial charge < -0.3 is 20.1 Å². The number of rotatable bonds is 6. The molecule has 0 spiro atoms. The largest absolute Gasteiger partial charge is 0.466 e. The molecule has 3 heterocycles. The Morgan fingerprint density at radius 2 is 2.20 bits per heavy atom. The average Bonchev–Trinajstić information content (AvgIpc) is 3.31. The number of amides is 1. The Bertz CT molecular complexity index is 1140. The van der Waals surface area contributed by atoms with Crippen LogP contribution < -0.4 is 5.32 Å². The number of aryl methyl sites for hydroxylation is 1. The molecule has 1 aliphatic rings. The summed E-state index contributed by atoms with van der Waals surface area (Å²) in [6.07, 6.45) is 1.74. The molecule has 1 aromatic carbocycles. The third kappa shape index (κ3) is 3.64. The van der Waals surface area contributed by atoms with Crippen LogP contribution in [0.15, 0.2) is 47.8 Å². The fourth-order valence-electron chi connectivity index (χ4n) is 3.31. The summed E-state index contributed by atoms with van der Waals surface area (Å²) < 4.78 is 4.82. The van der Waals surface area contributed by atoms with Crippen molar-refractivity contribution in [2.45, 2.75) is 6.92 Å². The molecule has 4 rings (SSSR count). The summed E-state index contributed by atoms with van der Waals surface area (Å²) in [5.74, 6) is -0.910. The number of thiazole rings is 1. The van der Waals surface area contributed by atoms with Crippen LogP contribution >= 0.6 is 11.3 Å². The van der Waals surface area contributed by atoms with E-state index in [1.54, 1.807) is 6.20 Å². The Balaban J connectivity index is 1.64. The molecule has 1 amide bonds. The Morgan fingerprint density at radius 3 is 2.90 bits per heavy atom. The Labute approximate surface area is 176 Å². The van der Waals surface area contributed by atoms with Gasteiger partial charge in [0, 0.05) is 24.0 Å². The number of pyridine rings is 1. The lowest BCUT2D eigenvalue weighted by Crippen LogP contribution is -2.31. The number of benzene rings is 1. The number of aliphatic hydroxyl groups excluding tert-OH is 1. The lowest BCUT2D eigenvalue weighted by molar-refractivity contribution is -0.136. The van der Waals surface area contributed by atoms with Crippen molar-refractivity contribution < 1.29 is 19.4 Å². The first-order valence-corrected chi connectivity index (χ1v) is 10.1. The van der Waals surface area contributed by atoms with Gasteiger partial charge in [0.25, 0.3) is 5.91 Å². The first-order valence-electron chi connectivity index (χ1n) is 9.33. The smallest absolute Gasteiger partial charge is 0.337 e. The molecule has 0 unspecified atom stereocenters. The molecule has 0 atom stereocenters. The summed E-state index contributed by atoms with van der Waals surface area (Å²) in [7, 11) is 1.28. The van der Waals surface area contributed by atoms with Gasteiger partial charge in [-0.3, -0.25) is 4.79 Å². The van der Waals surface area contributed by atoms with Crippen LogP contribution in [0, 0.1) is 6.92 Å². The second-order valence-electron chi connectivity index (χ2n) is 6.80. The Kier molecular flexibility index (Phi) is 5.47. The van der Waals surface area contributed by atoms with E-state index < -0.39 is 5.97 Å². The average molecular weight is 424 g/mol. The number of hydrogen-bond donors (Lipinski definition) is 2. The number of carbonyl (C=O) groups excluding carboxylic acids is 2. The molecule has 0 fully saturated rings. The number of hydrogen-bond acceptors (Lipinski definition) is 8. The van der Waals surface area contributed by atoms with Crippen molar-refractivity contribution in [2.75, 3.05) is 32.1 Å². The molecular formula is C21H20N4O4S. The van der Waals surface area contributed by atoms with Crippen LogP contribution in [-0.2, 0) is 14.3 Å². The first-order chi connectivity index (χ1) is 14.5. The van der Waals surface area contributed by atoms with Crippen molar-refractivity contribution in [1.29, 1.82) is 0 Å². The number of β-amino-alcohol motifs (C(OH)–C–C–N with tert-alkyl or cyclic N) is 1. The predicted molar refractivity (Wildman–Crippen MR) is 114 cm³/mol. The molecule has 0 saturated carbocycles. The Morgan fingerprint density at radius 1 is 1.37 bits per heavy atom. The van der Waals surface area contributed by atoms with E-state index in [0.29, 0.717) is 5.69 Å². The van der Waals surface area contributed by atoms with Crippen molar-refractivity contribution >= 4 is 39.2 Å². The maximum absolute atomic E-state index is 12.7. The van der Waals surface area contributed by atoms with Crippen molar-refractivity contribution in [3.8, 4) is 10.6 Å². The third-order valence-electron chi connectivity index (χ3n) is 4.85. The van der Waals surface area contributed by atoms with Gasteiger partial charge in [-0.2, -0.15) is 0 Å². The zero-order valence-corrected chi connectivity index (χ0v) is 17.3. The molecule has 30 heavy (non-hydrogen) atoms. The van der Waals surface area contributed by atoms with E-state index in [9.17, 15) is 14.7 Å². The SMILES string of the molecule is COC(=O)C1=C(Nc2ccc(-c3nc4cccnc4s3)cc2C)C(=O)N(CCO)C1. The number of aliphatic hydroxyl groups is 1. The molecule has 2 N–H and O–H groups in total. The van der Waals surface area contributed by atoms with E-state index in [0.717, 1.165) is 26.5 Å². The van der Waals surface area contributed by atoms with E-state index in [2.05, 4.69) is 15.3 Å². The normalized spacial score (nSPS) is 14.0. The highest BCUT2D eigenvalue weighted by Crippen LogP contribution is 2.32. The van der Waals surface area contributed by atoms with Crippen molar-refractivity contribution in [2.24, 2.45) is 0 Å². The maximum atomic E-state index is 12.7. The minimum Gasteiger partial charge on any atom is -0.466 e. The fourth-order valence-corrected chi connectivity index (χ4v) is 4.22. The highest BCUT2D eigenvalue weighted by molar-refractivity contribution is 7.21. The minimum atomic E-state index is -0.567. The van der Waals surface area contributed by atoms with Gasteiger partial charge in [0.05, 0.1) is 25.8 Å². The summed E-state index contributed by atoms with van der Waals surface area (Å²) in [4.78, 5) is 36.1. The van der Waals surface area contributed by atoms with Crippen molar-refractivity contribution in [3.05, 3.63) is 53.4 Å². The van der Waals surface area contributed by atoms with E-state index in [-0.39, 0.29) is 36.9 Å². The van der Waals surface area contributed by atoms with E-state index in [1.165, 1.54) is 23.3 Å². The number of aromatic nitrogens is 2. The topological polar surface area (TPSA) is 105 Å². The lowest BCUT2D eigenvalue weighted by Gasteiger charge is -2.15. The summed E-state index contributed by atoms with van der Waals surface area (Å²) >= 11 is 1.51. The summed E-state index contributed by atoms with van der Waals surface area (Å²) in [6.45, 7) is 1.98. The Hall–Kier alpha value is -3.30. The number of ether oxygens (including phenoxy) is 1. The summed E-state index contributed by atoms with van der Waals surface area (Å²) in [6, 6.07) is 9.53. The van der Waals surface area contributed by atoms with Crippen LogP contribution in [0.5, 0.6) is 0 Å². The van der Waals surface area contributed by atoms with Gasteiger partial charge in [-0.25, -0.2) is 14.8 Å². The molecule has 9 heteroatoms. The number of methoxy groups -OCH3 is 1. The molecule has 0 aliphatic carbocycles. The zero-order valence-electron chi connectivity index (χ0n) is 16.5. The van der Waals surface area contributed by atoms with Gasteiger partial charge in [-0.05, 0) is 42.8 Å². The van der Waals surface area contributed by atoms with E-state index in [1.807, 2.05) is 37.3 Å². The van der Waals surface area contributed by atoms with Gasteiger partial charge in [0.2, 0.25) is 0 Å². The quantitative estimate of drug-likeness (QED) is 0.585. The van der Waals surface area contributed by atoms with Crippen LogP contribution in [0.4, 0.5) is 5.69 Å². The van der Waals surface area contributed by atoms with Gasteiger partial charge in [-0.1, -0.05) is 11.3 Å². The van der Waals surface area contributed by atoms with Crippen LogP contribution in [0.25, 0.3) is 20.9 Å². The van der Waals surface area contributed by atoms with E-state index >= 15 is 0 Å². The number of nitrogens with one attached hydrogen (secondary N) is 1. The maximum Gasteiger partial charge on any atom is 0.337 e. The van der Waals surface area contributed by atoms with Gasteiger partial charge in [0.15, 0.2) is 0 Å². The predicted octanol–water partition coefficient (Wildman–Crippen LogP) is 2.34. The molecule has 1 aliphatic heterocycles. The zero-order chi connectivity index (χ0) is 21.3. The van der Waals surface area contributed by atoms with Gasteiger partial charge >= 0.3 is 5.97 Å². The van der Waals surface area contributed by atoms with Crippen molar-refractivity contribution in [3.63, 3.8) is 0 Å². The molecule has 0 radical (unpaired) electrons. The van der Waals surface area contributed by atoms with E-state index in [4.69, 9.17) is 4.74 Å². The lowest BCUT2D eigenvalue weighted by atomic mass is 10.1. The highest BCUT2D eigenvalue weighted by atomic mass is 32.1. The second kappa shape index (κ2) is 8.21. The number of fused-ring (bicyclic) bond motifs is 1. The highest BCUT2D eigenvalue weighted by Gasteiger charge is 2.34. The molecule has 154 valence electrons. The molecule has 2 aromatic heterocycles. The summed E-state index contributed by atoms with van der Waals surface area (Å²) in [5, 5.41) is 13.1. The molecule has 8 nitrogen and oxygen atoms in total. The molecule has 0 saturated heterocycles. The van der Waals surface area contributed by atoms with Crippen LogP contribution in [0.3, 0.4) is 0 Å². The molecular weight excluding hydrogens is 404 g/mol. The number of nitrogens with zero attached hydrogens (tertiary/aromatic N) is 3. The fraction of sp³-hybridized carbons (Fsp3) is 0.238. The first kappa shape index (κ1) is 20.0. The number of carbonyl (C=O) groups is 2. The van der Waals surface area contributed by atoms with Gasteiger partial charge in [0.1, 0.15) is 21.1 Å². The second-order valence-corrected chi connectivity index (χ2v) is 7.77. The van der Waals surface area contributed by atoms with Crippen LogP contribution in [0.1, 0.15) is 5.56 Å². The molecule has 0 bridgehead atoms. The van der Waals surface area contributed by atoms with Gasteiger partial charge in [-0.15, -0.1) is 0 Å². The van der Waals surface area contributed by atoms with Crippen LogP contribution in [0.2, 0.25) is 0 Å². The number of anilines is 1. The standard InChI is InChI=1S/C21H20N4O4S/c1-12-10-13(18-24-16-4-3-7-22-19(16)30-18)5-6-15(12)23-17-14(21(28)29-2)11-25(8-9-26)20(17)27/h3-7,10,23,26H,8-9,11H2,1-2H3. The monoisotopic (exact) mass is 424 g/mol.